The first kappa shape index (κ1) is 21.7. The van der Waals surface area contributed by atoms with Crippen LogP contribution in [0, 0.1) is 6.92 Å². The summed E-state index contributed by atoms with van der Waals surface area (Å²) in [6, 6.07) is 17.1. The van der Waals surface area contributed by atoms with Gasteiger partial charge in [0.2, 0.25) is 5.91 Å². The molecule has 166 valence electrons. The van der Waals surface area contributed by atoms with Gasteiger partial charge in [-0.05, 0) is 30.7 Å². The lowest BCUT2D eigenvalue weighted by Crippen LogP contribution is -2.24. The van der Waals surface area contributed by atoms with Gasteiger partial charge in [-0.1, -0.05) is 41.9 Å². The first-order chi connectivity index (χ1) is 15.5. The van der Waals surface area contributed by atoms with Crippen molar-refractivity contribution < 1.29 is 19.1 Å². The highest BCUT2D eigenvalue weighted by molar-refractivity contribution is 6.30. The lowest BCUT2D eigenvalue weighted by molar-refractivity contribution is -0.119. The smallest absolute Gasteiger partial charge is 0.413 e. The van der Waals surface area contributed by atoms with Crippen LogP contribution in [0.5, 0.6) is 5.75 Å². The zero-order valence-electron chi connectivity index (χ0n) is 17.5. The molecule has 32 heavy (non-hydrogen) atoms. The molecule has 8 nitrogen and oxygen atoms in total. The van der Waals surface area contributed by atoms with Crippen LogP contribution < -0.4 is 15.4 Å². The maximum absolute atomic E-state index is 12.1. The molecule has 0 spiro atoms. The zero-order chi connectivity index (χ0) is 22.5. The molecule has 2 aromatic carbocycles. The first-order valence-corrected chi connectivity index (χ1v) is 10.6. The number of nitrogens with zero attached hydrogens (tertiary/aromatic N) is 2. The summed E-state index contributed by atoms with van der Waals surface area (Å²) in [5, 5.41) is 10.3. The van der Waals surface area contributed by atoms with Gasteiger partial charge in [0.25, 0.3) is 0 Å². The summed E-state index contributed by atoms with van der Waals surface area (Å²) in [7, 11) is 0. The van der Waals surface area contributed by atoms with E-state index in [1.165, 1.54) is 0 Å². The summed E-state index contributed by atoms with van der Waals surface area (Å²) < 4.78 is 13.0. The maximum atomic E-state index is 12.1. The van der Waals surface area contributed by atoms with Gasteiger partial charge in [0.1, 0.15) is 18.5 Å². The number of benzene rings is 2. The summed E-state index contributed by atoms with van der Waals surface area (Å²) in [4.78, 5) is 23.3. The number of amides is 2. The number of hydrogen-bond acceptors (Lipinski definition) is 5. The Balaban J connectivity index is 1.42. The highest BCUT2D eigenvalue weighted by Gasteiger charge is 2.25. The molecule has 1 fully saturated rings. The molecule has 1 aromatic heterocycles. The number of hydrogen-bond donors (Lipinski definition) is 2. The predicted octanol–water partition coefficient (Wildman–Crippen LogP) is 3.91. The first-order valence-electron chi connectivity index (χ1n) is 10.2. The van der Waals surface area contributed by atoms with Crippen LogP contribution >= 0.6 is 11.6 Å². The van der Waals surface area contributed by atoms with E-state index in [1.807, 2.05) is 49.4 Å². The van der Waals surface area contributed by atoms with Crippen molar-refractivity contribution in [3.63, 3.8) is 0 Å². The third-order valence-corrected chi connectivity index (χ3v) is 5.24. The Bertz CT molecular complexity index is 1120. The molecular formula is C23H23ClN4O4. The Kier molecular flexibility index (Phi) is 6.61. The van der Waals surface area contributed by atoms with Gasteiger partial charge in [0, 0.05) is 22.3 Å². The average molecular weight is 455 g/mol. The standard InChI is InChI=1S/C23H23ClN4O4/c1-15-9-21(26-23(30)32-19-11-22(29)25-12-19)27-28(15)13-17-10-18(24)7-8-20(17)31-14-16-5-3-2-4-6-16/h2-10,19H,11-14H2,1H3,(H,25,29)(H,26,27,30). The van der Waals surface area contributed by atoms with Gasteiger partial charge < -0.3 is 14.8 Å². The monoisotopic (exact) mass is 454 g/mol. The van der Waals surface area contributed by atoms with E-state index in [-0.39, 0.29) is 12.3 Å². The third kappa shape index (κ3) is 5.59. The van der Waals surface area contributed by atoms with Gasteiger partial charge in [-0.15, -0.1) is 0 Å². The molecule has 2 heterocycles. The summed E-state index contributed by atoms with van der Waals surface area (Å²) in [6.07, 6.45) is -0.950. The summed E-state index contributed by atoms with van der Waals surface area (Å²) >= 11 is 6.22. The normalized spacial score (nSPS) is 15.3. The number of carbonyl (C=O) groups is 2. The predicted molar refractivity (Wildman–Crippen MR) is 120 cm³/mol. The van der Waals surface area contributed by atoms with Gasteiger partial charge in [-0.3, -0.25) is 14.8 Å². The molecule has 1 unspecified atom stereocenters. The number of anilines is 1. The second-order valence-corrected chi connectivity index (χ2v) is 7.95. The Morgan fingerprint density at radius 2 is 2.06 bits per heavy atom. The third-order valence-electron chi connectivity index (χ3n) is 5.00. The van der Waals surface area contributed by atoms with Gasteiger partial charge in [-0.25, -0.2) is 4.79 Å². The molecule has 9 heteroatoms. The number of ether oxygens (including phenoxy) is 2. The van der Waals surface area contributed by atoms with E-state index >= 15 is 0 Å². The number of carbonyl (C=O) groups excluding carboxylic acids is 2. The average Bonchev–Trinajstić information content (AvgIpc) is 3.32. The van der Waals surface area contributed by atoms with Crippen LogP contribution in [-0.2, 0) is 22.7 Å². The molecule has 0 radical (unpaired) electrons. The van der Waals surface area contributed by atoms with Crippen molar-refractivity contribution >= 4 is 29.4 Å². The topological polar surface area (TPSA) is 94.5 Å². The van der Waals surface area contributed by atoms with Gasteiger partial charge >= 0.3 is 6.09 Å². The zero-order valence-corrected chi connectivity index (χ0v) is 18.3. The second-order valence-electron chi connectivity index (χ2n) is 7.52. The summed E-state index contributed by atoms with van der Waals surface area (Å²) in [6.45, 7) is 3.05. The molecule has 0 aliphatic carbocycles. The number of nitrogens with one attached hydrogen (secondary N) is 2. The van der Waals surface area contributed by atoms with Gasteiger partial charge in [0.05, 0.1) is 19.5 Å². The fraction of sp³-hybridized carbons (Fsp3) is 0.261. The summed E-state index contributed by atoms with van der Waals surface area (Å²) in [5.41, 5.74) is 2.77. The van der Waals surface area contributed by atoms with Crippen LogP contribution in [0.1, 0.15) is 23.2 Å². The van der Waals surface area contributed by atoms with Crippen molar-refractivity contribution in [1.29, 1.82) is 0 Å². The minimum Gasteiger partial charge on any atom is -0.489 e. The van der Waals surface area contributed by atoms with Crippen LogP contribution in [-0.4, -0.2) is 34.4 Å². The fourth-order valence-corrected chi connectivity index (χ4v) is 3.58. The van der Waals surface area contributed by atoms with Crippen LogP contribution in [0.3, 0.4) is 0 Å². The summed E-state index contributed by atoms with van der Waals surface area (Å²) in [5.74, 6) is 0.939. The maximum Gasteiger partial charge on any atom is 0.413 e. The highest BCUT2D eigenvalue weighted by atomic mass is 35.5. The Morgan fingerprint density at radius 3 is 2.81 bits per heavy atom. The molecule has 2 N–H and O–H groups in total. The fourth-order valence-electron chi connectivity index (χ4n) is 3.39. The van der Waals surface area contributed by atoms with E-state index in [0.717, 1.165) is 16.8 Å². The largest absolute Gasteiger partial charge is 0.489 e. The number of aromatic nitrogens is 2. The molecule has 2 amide bonds. The minimum atomic E-state index is -0.647. The van der Waals surface area contributed by atoms with Crippen molar-refractivity contribution in [1.82, 2.24) is 15.1 Å². The minimum absolute atomic E-state index is 0.130. The number of halogens is 1. The van der Waals surface area contributed by atoms with E-state index in [9.17, 15) is 9.59 Å². The molecule has 1 saturated heterocycles. The lowest BCUT2D eigenvalue weighted by atomic mass is 10.2. The molecule has 0 bridgehead atoms. The lowest BCUT2D eigenvalue weighted by Gasteiger charge is -2.13. The van der Waals surface area contributed by atoms with E-state index in [2.05, 4.69) is 15.7 Å². The number of aryl methyl sites for hydroxylation is 1. The molecule has 3 aromatic rings. The van der Waals surface area contributed by atoms with Crippen LogP contribution in [0.15, 0.2) is 54.6 Å². The van der Waals surface area contributed by atoms with Crippen molar-refractivity contribution in [3.8, 4) is 5.75 Å². The molecule has 0 saturated carbocycles. The van der Waals surface area contributed by atoms with Crippen LogP contribution in [0.25, 0.3) is 0 Å². The van der Waals surface area contributed by atoms with Crippen LogP contribution in [0.4, 0.5) is 10.6 Å². The molecule has 1 atom stereocenters. The van der Waals surface area contributed by atoms with Crippen molar-refractivity contribution in [3.05, 3.63) is 76.4 Å². The van der Waals surface area contributed by atoms with Crippen molar-refractivity contribution in [2.45, 2.75) is 32.6 Å². The van der Waals surface area contributed by atoms with E-state index < -0.39 is 12.2 Å². The Labute approximate surface area is 190 Å². The Hall–Kier alpha value is -3.52. The quantitative estimate of drug-likeness (QED) is 0.564. The highest BCUT2D eigenvalue weighted by Crippen LogP contribution is 2.25. The molecular weight excluding hydrogens is 432 g/mol. The molecule has 1 aliphatic rings. The van der Waals surface area contributed by atoms with E-state index in [4.69, 9.17) is 21.1 Å². The second kappa shape index (κ2) is 9.74. The van der Waals surface area contributed by atoms with Crippen molar-refractivity contribution in [2.24, 2.45) is 0 Å². The van der Waals surface area contributed by atoms with E-state index in [0.29, 0.717) is 36.3 Å². The molecule has 4 rings (SSSR count). The molecule has 1 aliphatic heterocycles. The number of rotatable bonds is 7. The van der Waals surface area contributed by atoms with Crippen LogP contribution in [0.2, 0.25) is 5.02 Å². The van der Waals surface area contributed by atoms with Crippen molar-refractivity contribution in [2.75, 3.05) is 11.9 Å². The Morgan fingerprint density at radius 1 is 1.25 bits per heavy atom. The SMILES string of the molecule is Cc1cc(NC(=O)OC2CNC(=O)C2)nn1Cc1cc(Cl)ccc1OCc1ccccc1. The van der Waals surface area contributed by atoms with E-state index in [1.54, 1.807) is 16.8 Å². The van der Waals surface area contributed by atoms with Gasteiger partial charge in [-0.2, -0.15) is 5.10 Å². The van der Waals surface area contributed by atoms with Gasteiger partial charge in [0.15, 0.2) is 5.82 Å².